The van der Waals surface area contributed by atoms with Gasteiger partial charge < -0.3 is 16.8 Å². The van der Waals surface area contributed by atoms with Gasteiger partial charge in [0.05, 0.1) is 17.0 Å². The van der Waals surface area contributed by atoms with Gasteiger partial charge in [0.15, 0.2) is 5.82 Å². The summed E-state index contributed by atoms with van der Waals surface area (Å²) in [6, 6.07) is 10.3. The van der Waals surface area contributed by atoms with Crippen molar-refractivity contribution >= 4 is 38.5 Å². The van der Waals surface area contributed by atoms with Gasteiger partial charge >= 0.3 is 0 Å². The first kappa shape index (κ1) is 18.5. The molecule has 27 heavy (non-hydrogen) atoms. The molecule has 0 radical (unpaired) electrons. The van der Waals surface area contributed by atoms with Gasteiger partial charge in [-0.05, 0) is 24.3 Å². The van der Waals surface area contributed by atoms with E-state index in [9.17, 15) is 13.2 Å². The van der Waals surface area contributed by atoms with Crippen molar-refractivity contribution in [2.45, 2.75) is 0 Å². The van der Waals surface area contributed by atoms with E-state index in [4.69, 9.17) is 11.5 Å². The molecule has 0 saturated heterocycles. The Kier molecular flexibility index (Phi) is 4.91. The van der Waals surface area contributed by atoms with Gasteiger partial charge in [0.25, 0.3) is 0 Å². The lowest BCUT2D eigenvalue weighted by Crippen LogP contribution is -2.16. The van der Waals surface area contributed by atoms with Gasteiger partial charge in [0.2, 0.25) is 11.9 Å². The zero-order chi connectivity index (χ0) is 19.6. The molecular weight excluding hydrogens is 368 g/mol. The average molecular weight is 386 g/mol. The molecule has 2 aromatic heterocycles. The van der Waals surface area contributed by atoms with Gasteiger partial charge in [-0.25, -0.2) is 18.4 Å². The van der Waals surface area contributed by atoms with Gasteiger partial charge in [-0.2, -0.15) is 4.98 Å². The molecule has 5 N–H and O–H groups in total. The molecule has 0 spiro atoms. The minimum absolute atomic E-state index is 0.0506. The Morgan fingerprint density at radius 3 is 2.63 bits per heavy atom. The largest absolute Gasteiger partial charge is 0.368 e. The Balaban J connectivity index is 2.03. The maximum atomic E-state index is 11.4. The summed E-state index contributed by atoms with van der Waals surface area (Å²) < 4.78 is 22.7. The lowest BCUT2D eigenvalue weighted by Gasteiger charge is -2.10. The first-order valence-corrected chi connectivity index (χ1v) is 10.0. The molecule has 0 saturated carbocycles. The van der Waals surface area contributed by atoms with Crippen molar-refractivity contribution in [2.75, 3.05) is 29.6 Å². The van der Waals surface area contributed by atoms with Crippen LogP contribution >= 0.6 is 0 Å². The second-order valence-corrected chi connectivity index (χ2v) is 8.26. The predicted octanol–water partition coefficient (Wildman–Crippen LogP) is 0.829. The quantitative estimate of drug-likeness (QED) is 0.563. The summed E-state index contributed by atoms with van der Waals surface area (Å²) >= 11 is 0. The van der Waals surface area contributed by atoms with Crippen LogP contribution in [0, 0.1) is 0 Å². The summed E-state index contributed by atoms with van der Waals surface area (Å²) in [6.07, 6.45) is 1.16. The van der Waals surface area contributed by atoms with Crippen LogP contribution in [0.5, 0.6) is 0 Å². The van der Waals surface area contributed by atoms with Crippen molar-refractivity contribution in [3.8, 4) is 11.3 Å². The van der Waals surface area contributed by atoms with Gasteiger partial charge in [-0.15, -0.1) is 0 Å². The number of amides is 1. The number of hydrogen-bond acceptors (Lipinski definition) is 8. The zero-order valence-electron chi connectivity index (χ0n) is 14.5. The Labute approximate surface area is 155 Å². The van der Waals surface area contributed by atoms with E-state index in [1.54, 1.807) is 36.4 Å². The predicted molar refractivity (Wildman–Crippen MR) is 104 cm³/mol. The summed E-state index contributed by atoms with van der Waals surface area (Å²) in [5.74, 6) is -0.195. The van der Waals surface area contributed by atoms with E-state index >= 15 is 0 Å². The standard InChI is InChI=1S/C17H18N6O3S/c1-27(25,26)8-7-20-16-14-13(22-17(19)23-16)6-5-12(21-14)10-3-2-4-11(9-10)15(18)24/h2-6,9H,7-8H2,1H3,(H2,18,24)(H3,19,20,22,23). The Morgan fingerprint density at radius 1 is 1.15 bits per heavy atom. The van der Waals surface area contributed by atoms with Gasteiger partial charge in [0, 0.05) is 23.9 Å². The number of anilines is 2. The third-order valence-electron chi connectivity index (χ3n) is 3.77. The van der Waals surface area contributed by atoms with E-state index in [2.05, 4.69) is 20.3 Å². The molecule has 0 aliphatic heterocycles. The zero-order valence-corrected chi connectivity index (χ0v) is 15.3. The minimum Gasteiger partial charge on any atom is -0.368 e. The molecule has 0 unspecified atom stereocenters. The van der Waals surface area contributed by atoms with Crippen LogP contribution < -0.4 is 16.8 Å². The molecule has 140 valence electrons. The SMILES string of the molecule is CS(=O)(=O)CCNc1nc(N)nc2ccc(-c3cccc(C(N)=O)c3)nc12. The number of carbonyl (C=O) groups is 1. The minimum atomic E-state index is -3.12. The van der Waals surface area contributed by atoms with Crippen molar-refractivity contribution in [3.63, 3.8) is 0 Å². The van der Waals surface area contributed by atoms with E-state index in [0.29, 0.717) is 33.7 Å². The topological polar surface area (TPSA) is 154 Å². The smallest absolute Gasteiger partial charge is 0.248 e. The second kappa shape index (κ2) is 7.16. The number of nitrogens with zero attached hydrogens (tertiary/aromatic N) is 3. The van der Waals surface area contributed by atoms with Crippen molar-refractivity contribution in [2.24, 2.45) is 5.73 Å². The number of benzene rings is 1. The number of pyridine rings is 1. The Bertz CT molecular complexity index is 1130. The van der Waals surface area contributed by atoms with Gasteiger partial charge in [-0.3, -0.25) is 4.79 Å². The van der Waals surface area contributed by atoms with Crippen LogP contribution in [0.2, 0.25) is 0 Å². The van der Waals surface area contributed by atoms with Crippen LogP contribution in [0.3, 0.4) is 0 Å². The summed E-state index contributed by atoms with van der Waals surface area (Å²) in [6.45, 7) is 0.160. The summed E-state index contributed by atoms with van der Waals surface area (Å²) in [4.78, 5) is 24.2. The molecule has 0 atom stereocenters. The number of hydrogen-bond donors (Lipinski definition) is 3. The maximum absolute atomic E-state index is 11.4. The van der Waals surface area contributed by atoms with E-state index < -0.39 is 15.7 Å². The summed E-state index contributed by atoms with van der Waals surface area (Å²) in [5, 5.41) is 2.95. The van der Waals surface area contributed by atoms with Crippen molar-refractivity contribution in [1.82, 2.24) is 15.0 Å². The molecule has 0 bridgehead atoms. The summed E-state index contributed by atoms with van der Waals surface area (Å²) in [5.41, 5.74) is 13.7. The number of aromatic nitrogens is 3. The van der Waals surface area contributed by atoms with Crippen molar-refractivity contribution < 1.29 is 13.2 Å². The number of rotatable bonds is 6. The van der Waals surface area contributed by atoms with E-state index in [1.165, 1.54) is 0 Å². The number of nitrogens with one attached hydrogen (secondary N) is 1. The van der Waals surface area contributed by atoms with E-state index in [-0.39, 0.29) is 18.2 Å². The first-order valence-electron chi connectivity index (χ1n) is 7.99. The molecule has 10 heteroatoms. The molecule has 9 nitrogen and oxygen atoms in total. The highest BCUT2D eigenvalue weighted by atomic mass is 32.2. The van der Waals surface area contributed by atoms with Crippen LogP contribution in [0.15, 0.2) is 36.4 Å². The average Bonchev–Trinajstić information content (AvgIpc) is 2.60. The number of sulfone groups is 1. The molecule has 0 aliphatic rings. The first-order chi connectivity index (χ1) is 12.7. The van der Waals surface area contributed by atoms with Crippen LogP contribution in [-0.2, 0) is 9.84 Å². The Morgan fingerprint density at radius 2 is 1.93 bits per heavy atom. The molecule has 2 heterocycles. The third kappa shape index (κ3) is 4.47. The number of nitrogen functional groups attached to an aromatic ring is 1. The molecule has 1 aromatic carbocycles. The fraction of sp³-hybridized carbons (Fsp3) is 0.176. The molecule has 1 amide bonds. The van der Waals surface area contributed by atoms with E-state index in [0.717, 1.165) is 6.26 Å². The van der Waals surface area contributed by atoms with E-state index in [1.807, 2.05) is 0 Å². The van der Waals surface area contributed by atoms with Crippen molar-refractivity contribution in [1.29, 1.82) is 0 Å². The van der Waals surface area contributed by atoms with Crippen molar-refractivity contribution in [3.05, 3.63) is 42.0 Å². The molecule has 0 aliphatic carbocycles. The highest BCUT2D eigenvalue weighted by molar-refractivity contribution is 7.90. The third-order valence-corrected chi connectivity index (χ3v) is 4.71. The highest BCUT2D eigenvalue weighted by Gasteiger charge is 2.12. The summed E-state index contributed by atoms with van der Waals surface area (Å²) in [7, 11) is -3.12. The molecule has 3 aromatic rings. The van der Waals surface area contributed by atoms with Crippen LogP contribution in [0.1, 0.15) is 10.4 Å². The van der Waals surface area contributed by atoms with Gasteiger partial charge in [-0.1, -0.05) is 12.1 Å². The Hall–Kier alpha value is -3.27. The number of primary amides is 1. The second-order valence-electron chi connectivity index (χ2n) is 6.00. The monoisotopic (exact) mass is 386 g/mol. The molecule has 0 fully saturated rings. The highest BCUT2D eigenvalue weighted by Crippen LogP contribution is 2.25. The van der Waals surface area contributed by atoms with Gasteiger partial charge in [0.1, 0.15) is 15.4 Å². The molecule has 3 rings (SSSR count). The number of fused-ring (bicyclic) bond motifs is 1. The maximum Gasteiger partial charge on any atom is 0.248 e. The number of nitrogens with two attached hydrogens (primary N) is 2. The van der Waals surface area contributed by atoms with Crippen LogP contribution in [0.4, 0.5) is 11.8 Å². The number of carbonyl (C=O) groups excluding carboxylic acids is 1. The normalized spacial score (nSPS) is 11.4. The molecular formula is C17H18N6O3S. The fourth-order valence-electron chi connectivity index (χ4n) is 2.50. The lowest BCUT2D eigenvalue weighted by molar-refractivity contribution is 0.100. The lowest BCUT2D eigenvalue weighted by atomic mass is 10.1. The van der Waals surface area contributed by atoms with Crippen LogP contribution in [0.25, 0.3) is 22.3 Å². The fourth-order valence-corrected chi connectivity index (χ4v) is 2.98. The van der Waals surface area contributed by atoms with Crippen LogP contribution in [-0.4, -0.2) is 47.8 Å².